The Bertz CT molecular complexity index is 484. The third-order valence-electron chi connectivity index (χ3n) is 7.00. The normalized spacial score (nSPS) is 32.2. The van der Waals surface area contributed by atoms with Crippen LogP contribution in [0.15, 0.2) is 4.99 Å². The van der Waals surface area contributed by atoms with Crippen LogP contribution in [0.5, 0.6) is 0 Å². The van der Waals surface area contributed by atoms with E-state index < -0.39 is 0 Å². The number of hydrogen-bond donors (Lipinski definition) is 1. The number of halogens is 1. The molecule has 0 aromatic carbocycles. The van der Waals surface area contributed by atoms with Gasteiger partial charge < -0.3 is 19.7 Å². The molecule has 6 heteroatoms. The third kappa shape index (κ3) is 6.21. The summed E-state index contributed by atoms with van der Waals surface area (Å²) < 4.78 is 11.8. The summed E-state index contributed by atoms with van der Waals surface area (Å²) in [6, 6.07) is 0.673. The second kappa shape index (κ2) is 11.3. The molecule has 2 heterocycles. The van der Waals surface area contributed by atoms with Crippen molar-refractivity contribution in [2.24, 2.45) is 16.8 Å². The highest BCUT2D eigenvalue weighted by atomic mass is 127. The van der Waals surface area contributed by atoms with E-state index in [2.05, 4.69) is 17.1 Å². The van der Waals surface area contributed by atoms with E-state index in [0.717, 1.165) is 63.5 Å². The van der Waals surface area contributed by atoms with Crippen molar-refractivity contribution in [3.05, 3.63) is 0 Å². The zero-order chi connectivity index (χ0) is 18.5. The second-order valence-electron chi connectivity index (χ2n) is 9.00. The first kappa shape index (κ1) is 22.6. The van der Waals surface area contributed by atoms with E-state index in [0.29, 0.717) is 18.2 Å². The minimum absolute atomic E-state index is 0. The van der Waals surface area contributed by atoms with E-state index in [1.54, 1.807) is 0 Å². The van der Waals surface area contributed by atoms with Crippen molar-refractivity contribution in [2.75, 3.05) is 32.8 Å². The standard InChI is InChI=1S/C22H39N3O2.HI/c1-2-23-22(24-21-15-20(21)17-7-4-3-5-8-17)25-12-10-18(11-13-25)27-16-19-9-6-14-26-19;/h17-21H,2-16H2,1H3,(H,23,24);1H. The Morgan fingerprint density at radius 1 is 1.07 bits per heavy atom. The molecule has 0 radical (unpaired) electrons. The topological polar surface area (TPSA) is 46.1 Å². The number of aliphatic imine (C=N–C) groups is 1. The van der Waals surface area contributed by atoms with Gasteiger partial charge in [0.1, 0.15) is 0 Å². The highest BCUT2D eigenvalue weighted by molar-refractivity contribution is 14.0. The van der Waals surface area contributed by atoms with Crippen molar-refractivity contribution in [2.45, 2.75) is 89.4 Å². The quantitative estimate of drug-likeness (QED) is 0.334. The lowest BCUT2D eigenvalue weighted by Crippen LogP contribution is -2.48. The maximum Gasteiger partial charge on any atom is 0.194 e. The largest absolute Gasteiger partial charge is 0.376 e. The number of ether oxygens (including phenoxy) is 2. The van der Waals surface area contributed by atoms with Gasteiger partial charge in [0.15, 0.2) is 5.96 Å². The molecule has 2 aliphatic carbocycles. The molecule has 0 spiro atoms. The van der Waals surface area contributed by atoms with Gasteiger partial charge in [-0.25, -0.2) is 0 Å². The van der Waals surface area contributed by atoms with Crippen LogP contribution in [-0.4, -0.2) is 62.0 Å². The van der Waals surface area contributed by atoms with E-state index in [-0.39, 0.29) is 24.0 Å². The lowest BCUT2D eigenvalue weighted by Gasteiger charge is -2.35. The molecule has 1 N–H and O–H groups in total. The lowest BCUT2D eigenvalue weighted by molar-refractivity contribution is -0.0367. The fraction of sp³-hybridized carbons (Fsp3) is 0.955. The van der Waals surface area contributed by atoms with Gasteiger partial charge in [0.05, 0.1) is 18.8 Å². The van der Waals surface area contributed by atoms with Crippen molar-refractivity contribution < 1.29 is 9.47 Å². The Morgan fingerprint density at radius 2 is 1.86 bits per heavy atom. The van der Waals surface area contributed by atoms with Crippen LogP contribution in [0.1, 0.15) is 71.1 Å². The smallest absolute Gasteiger partial charge is 0.194 e. The van der Waals surface area contributed by atoms with Crippen molar-refractivity contribution >= 4 is 29.9 Å². The van der Waals surface area contributed by atoms with Gasteiger partial charge >= 0.3 is 0 Å². The summed E-state index contributed by atoms with van der Waals surface area (Å²) in [5.41, 5.74) is 0. The third-order valence-corrected chi connectivity index (χ3v) is 7.00. The fourth-order valence-corrected chi connectivity index (χ4v) is 5.27. The summed E-state index contributed by atoms with van der Waals surface area (Å²) in [4.78, 5) is 7.28. The van der Waals surface area contributed by atoms with Crippen LogP contribution in [0.4, 0.5) is 0 Å². The molecular weight excluding hydrogens is 465 g/mol. The number of rotatable bonds is 6. The molecule has 4 fully saturated rings. The zero-order valence-corrected chi connectivity index (χ0v) is 19.9. The predicted molar refractivity (Wildman–Crippen MR) is 125 cm³/mol. The summed E-state index contributed by atoms with van der Waals surface area (Å²) >= 11 is 0. The van der Waals surface area contributed by atoms with E-state index >= 15 is 0 Å². The number of piperidine rings is 1. The summed E-state index contributed by atoms with van der Waals surface area (Å²) in [6.45, 7) is 6.82. The van der Waals surface area contributed by atoms with Crippen molar-refractivity contribution in [1.82, 2.24) is 10.2 Å². The lowest BCUT2D eigenvalue weighted by atomic mass is 9.85. The Morgan fingerprint density at radius 3 is 2.54 bits per heavy atom. The van der Waals surface area contributed by atoms with Gasteiger partial charge in [0, 0.05) is 32.3 Å². The molecule has 162 valence electrons. The average Bonchev–Trinajstić information content (AvgIpc) is 3.28. The molecule has 3 unspecified atom stereocenters. The Balaban J connectivity index is 0.00000225. The number of nitrogens with zero attached hydrogens (tertiary/aromatic N) is 2. The fourth-order valence-electron chi connectivity index (χ4n) is 5.27. The monoisotopic (exact) mass is 505 g/mol. The highest BCUT2D eigenvalue weighted by Gasteiger charge is 2.44. The van der Waals surface area contributed by atoms with E-state index in [4.69, 9.17) is 14.5 Å². The van der Waals surface area contributed by atoms with Crippen LogP contribution < -0.4 is 5.32 Å². The first-order chi connectivity index (χ1) is 13.3. The molecule has 4 rings (SSSR count). The summed E-state index contributed by atoms with van der Waals surface area (Å²) in [5, 5.41) is 3.82. The molecule has 0 aromatic rings. The van der Waals surface area contributed by atoms with Crippen molar-refractivity contribution in [3.8, 4) is 0 Å². The number of nitrogens with one attached hydrogen (secondary N) is 1. The first-order valence-electron chi connectivity index (χ1n) is 11.6. The van der Waals surface area contributed by atoms with Crippen molar-refractivity contribution in [1.29, 1.82) is 0 Å². The maximum atomic E-state index is 6.13. The second-order valence-corrected chi connectivity index (χ2v) is 9.00. The molecule has 2 saturated heterocycles. The minimum atomic E-state index is 0. The van der Waals surface area contributed by atoms with Crippen LogP contribution >= 0.6 is 24.0 Å². The van der Waals surface area contributed by atoms with Crippen LogP contribution in [-0.2, 0) is 9.47 Å². The number of likely N-dealkylation sites (tertiary alicyclic amines) is 1. The summed E-state index contributed by atoms with van der Waals surface area (Å²) in [7, 11) is 0. The minimum Gasteiger partial charge on any atom is -0.376 e. The van der Waals surface area contributed by atoms with Gasteiger partial charge in [-0.2, -0.15) is 0 Å². The van der Waals surface area contributed by atoms with E-state index in [1.165, 1.54) is 51.4 Å². The Labute approximate surface area is 188 Å². The first-order valence-corrected chi connectivity index (χ1v) is 11.6. The molecule has 0 aromatic heterocycles. The SMILES string of the molecule is CCN=C(NC1CC1C1CCCCC1)N1CCC(OCC2CCCO2)CC1.I. The van der Waals surface area contributed by atoms with E-state index in [9.17, 15) is 0 Å². The zero-order valence-electron chi connectivity index (χ0n) is 17.6. The highest BCUT2D eigenvalue weighted by Crippen LogP contribution is 2.44. The van der Waals surface area contributed by atoms with Crippen LogP contribution in [0.2, 0.25) is 0 Å². The molecule has 0 bridgehead atoms. The van der Waals surface area contributed by atoms with Gasteiger partial charge in [0.2, 0.25) is 0 Å². The number of hydrogen-bond acceptors (Lipinski definition) is 3. The molecule has 28 heavy (non-hydrogen) atoms. The van der Waals surface area contributed by atoms with Crippen molar-refractivity contribution in [3.63, 3.8) is 0 Å². The molecule has 2 aliphatic heterocycles. The molecule has 3 atom stereocenters. The summed E-state index contributed by atoms with van der Waals surface area (Å²) in [6.07, 6.45) is 13.9. The molecular formula is C22H40IN3O2. The molecule has 0 amide bonds. The maximum absolute atomic E-state index is 6.13. The van der Waals surface area contributed by atoms with Gasteiger partial charge in [-0.05, 0) is 50.9 Å². The predicted octanol–water partition coefficient (Wildman–Crippen LogP) is 4.20. The Hall–Kier alpha value is -0.0800. The van der Waals surface area contributed by atoms with Crippen LogP contribution in [0.3, 0.4) is 0 Å². The molecule has 4 aliphatic rings. The molecule has 2 saturated carbocycles. The molecule has 5 nitrogen and oxygen atoms in total. The summed E-state index contributed by atoms with van der Waals surface area (Å²) in [5.74, 6) is 3.02. The van der Waals surface area contributed by atoms with Gasteiger partial charge in [-0.15, -0.1) is 24.0 Å². The van der Waals surface area contributed by atoms with E-state index in [1.807, 2.05) is 0 Å². The average molecular weight is 505 g/mol. The van der Waals surface area contributed by atoms with Gasteiger partial charge in [0.25, 0.3) is 0 Å². The number of guanidine groups is 1. The van der Waals surface area contributed by atoms with Gasteiger partial charge in [-0.1, -0.05) is 32.1 Å². The van der Waals surface area contributed by atoms with Crippen LogP contribution in [0, 0.1) is 11.8 Å². The van der Waals surface area contributed by atoms with Gasteiger partial charge in [-0.3, -0.25) is 4.99 Å². The Kier molecular flexibility index (Phi) is 9.16. The van der Waals surface area contributed by atoms with Crippen LogP contribution in [0.25, 0.3) is 0 Å².